The standard InChI is InChI=1S/C23H28N2O4S/c1-29-19-12-13-21-17(15-19)7-5-11-22(21)24-23(26)18-8-6-14-25(16-18)30(27,28)20-9-3-2-4-10-20/h2-4,9-10,12-13,15,18,22H,5-8,11,14,16H2,1H3,(H,24,26)/t18-,22-/m0/s1. The maximum Gasteiger partial charge on any atom is 0.243 e. The predicted octanol–water partition coefficient (Wildman–Crippen LogP) is 3.29. The van der Waals surface area contributed by atoms with E-state index in [1.165, 1.54) is 9.87 Å². The van der Waals surface area contributed by atoms with E-state index in [-0.39, 0.29) is 29.3 Å². The van der Waals surface area contributed by atoms with Crippen LogP contribution < -0.4 is 10.1 Å². The second-order valence-corrected chi connectivity index (χ2v) is 9.97. The van der Waals surface area contributed by atoms with E-state index in [1.54, 1.807) is 37.4 Å². The lowest BCUT2D eigenvalue weighted by Gasteiger charge is -2.33. The fourth-order valence-electron chi connectivity index (χ4n) is 4.47. The number of nitrogens with zero attached hydrogens (tertiary/aromatic N) is 1. The Bertz CT molecular complexity index is 1010. The summed E-state index contributed by atoms with van der Waals surface area (Å²) in [6, 6.07) is 14.4. The largest absolute Gasteiger partial charge is 0.497 e. The highest BCUT2D eigenvalue weighted by Gasteiger charge is 2.34. The minimum absolute atomic E-state index is 0.0340. The molecule has 1 aliphatic carbocycles. The van der Waals surface area contributed by atoms with Crippen LogP contribution >= 0.6 is 0 Å². The van der Waals surface area contributed by atoms with Gasteiger partial charge in [0, 0.05) is 13.1 Å². The molecule has 2 atom stereocenters. The normalized spacial score (nSPS) is 22.2. The van der Waals surface area contributed by atoms with Gasteiger partial charge in [-0.25, -0.2) is 8.42 Å². The average molecular weight is 429 g/mol. The molecule has 0 radical (unpaired) electrons. The highest BCUT2D eigenvalue weighted by Crippen LogP contribution is 2.33. The maximum atomic E-state index is 13.1. The van der Waals surface area contributed by atoms with Gasteiger partial charge in [0.05, 0.1) is 24.0 Å². The summed E-state index contributed by atoms with van der Waals surface area (Å²) < 4.78 is 32.7. The molecule has 0 bridgehead atoms. The number of fused-ring (bicyclic) bond motifs is 1. The van der Waals surface area contributed by atoms with Gasteiger partial charge in [-0.1, -0.05) is 24.3 Å². The molecular weight excluding hydrogens is 400 g/mol. The number of rotatable bonds is 5. The number of piperidine rings is 1. The molecule has 1 fully saturated rings. The van der Waals surface area contributed by atoms with Gasteiger partial charge in [0.1, 0.15) is 5.75 Å². The fraction of sp³-hybridized carbons (Fsp3) is 0.435. The van der Waals surface area contributed by atoms with Gasteiger partial charge in [-0.15, -0.1) is 0 Å². The first-order valence-corrected chi connectivity index (χ1v) is 12.0. The molecule has 7 heteroatoms. The molecule has 1 N–H and O–H groups in total. The maximum absolute atomic E-state index is 13.1. The van der Waals surface area contributed by atoms with E-state index in [0.29, 0.717) is 19.4 Å². The van der Waals surface area contributed by atoms with Gasteiger partial charge in [-0.3, -0.25) is 4.79 Å². The zero-order valence-corrected chi connectivity index (χ0v) is 18.0. The number of sulfonamides is 1. The number of carbonyl (C=O) groups is 1. The van der Waals surface area contributed by atoms with Crippen LogP contribution in [0.25, 0.3) is 0 Å². The molecule has 2 aliphatic rings. The quantitative estimate of drug-likeness (QED) is 0.793. The molecule has 1 heterocycles. The summed E-state index contributed by atoms with van der Waals surface area (Å²) in [6.07, 6.45) is 4.26. The van der Waals surface area contributed by atoms with Crippen LogP contribution in [-0.4, -0.2) is 38.8 Å². The number of hydrogen-bond donors (Lipinski definition) is 1. The highest BCUT2D eigenvalue weighted by molar-refractivity contribution is 7.89. The lowest BCUT2D eigenvalue weighted by molar-refractivity contribution is -0.127. The van der Waals surface area contributed by atoms with Crippen molar-refractivity contribution in [2.75, 3.05) is 20.2 Å². The molecule has 6 nitrogen and oxygen atoms in total. The minimum Gasteiger partial charge on any atom is -0.497 e. The van der Waals surface area contributed by atoms with E-state index in [4.69, 9.17) is 4.74 Å². The van der Waals surface area contributed by atoms with Crippen LogP contribution in [0.1, 0.15) is 42.9 Å². The van der Waals surface area contributed by atoms with E-state index >= 15 is 0 Å². The van der Waals surface area contributed by atoms with E-state index in [2.05, 4.69) is 5.32 Å². The summed E-state index contributed by atoms with van der Waals surface area (Å²) >= 11 is 0. The van der Waals surface area contributed by atoms with Crippen molar-refractivity contribution in [3.8, 4) is 5.75 Å². The second-order valence-electron chi connectivity index (χ2n) is 8.03. The summed E-state index contributed by atoms with van der Waals surface area (Å²) in [5.41, 5.74) is 2.35. The minimum atomic E-state index is -3.58. The molecule has 1 saturated heterocycles. The van der Waals surface area contributed by atoms with Gasteiger partial charge in [0.15, 0.2) is 0 Å². The third-order valence-electron chi connectivity index (χ3n) is 6.12. The summed E-state index contributed by atoms with van der Waals surface area (Å²) in [5.74, 6) is 0.437. The summed E-state index contributed by atoms with van der Waals surface area (Å²) in [5, 5.41) is 3.19. The van der Waals surface area contributed by atoms with Crippen molar-refractivity contribution in [3.05, 3.63) is 59.7 Å². The van der Waals surface area contributed by atoms with Crippen molar-refractivity contribution in [1.82, 2.24) is 9.62 Å². The van der Waals surface area contributed by atoms with Gasteiger partial charge in [0.25, 0.3) is 0 Å². The summed E-state index contributed by atoms with van der Waals surface area (Å²) in [4.78, 5) is 13.3. The zero-order chi connectivity index (χ0) is 21.1. The first-order chi connectivity index (χ1) is 14.5. The van der Waals surface area contributed by atoms with Crippen LogP contribution in [0, 0.1) is 5.92 Å². The molecule has 0 spiro atoms. The van der Waals surface area contributed by atoms with Crippen LogP contribution in [0.15, 0.2) is 53.4 Å². The molecule has 0 saturated carbocycles. The number of aryl methyl sites for hydroxylation is 1. The summed E-state index contributed by atoms with van der Waals surface area (Å²) in [7, 11) is -1.92. The van der Waals surface area contributed by atoms with Gasteiger partial charge < -0.3 is 10.1 Å². The molecule has 4 rings (SSSR count). The Balaban J connectivity index is 1.46. The van der Waals surface area contributed by atoms with Crippen LogP contribution in [0.2, 0.25) is 0 Å². The topological polar surface area (TPSA) is 75.7 Å². The van der Waals surface area contributed by atoms with Crippen LogP contribution in [0.5, 0.6) is 5.75 Å². The average Bonchev–Trinajstić information content (AvgIpc) is 2.79. The SMILES string of the molecule is COc1ccc2c(c1)CCC[C@@H]2NC(=O)[C@H]1CCCN(S(=O)(=O)c2ccccc2)C1. The van der Waals surface area contributed by atoms with Crippen LogP contribution in [-0.2, 0) is 21.2 Å². The molecule has 160 valence electrons. The number of methoxy groups -OCH3 is 1. The van der Waals surface area contributed by atoms with Crippen molar-refractivity contribution >= 4 is 15.9 Å². The van der Waals surface area contributed by atoms with Crippen molar-refractivity contribution < 1.29 is 17.9 Å². The molecule has 1 aliphatic heterocycles. The van der Waals surface area contributed by atoms with E-state index in [0.717, 1.165) is 30.6 Å². The molecule has 1 amide bonds. The van der Waals surface area contributed by atoms with Gasteiger partial charge in [-0.05, 0) is 67.5 Å². The Morgan fingerprint density at radius 1 is 1.10 bits per heavy atom. The van der Waals surface area contributed by atoms with Crippen molar-refractivity contribution in [1.29, 1.82) is 0 Å². The molecular formula is C23H28N2O4S. The van der Waals surface area contributed by atoms with Gasteiger partial charge >= 0.3 is 0 Å². The molecule has 30 heavy (non-hydrogen) atoms. The Hall–Kier alpha value is -2.38. The van der Waals surface area contributed by atoms with Crippen molar-refractivity contribution in [2.45, 2.75) is 43.0 Å². The Kier molecular flexibility index (Phi) is 6.11. The Labute approximate surface area is 178 Å². The van der Waals surface area contributed by atoms with Gasteiger partial charge in [-0.2, -0.15) is 4.31 Å². The first-order valence-electron chi connectivity index (χ1n) is 10.5. The number of benzene rings is 2. The number of hydrogen-bond acceptors (Lipinski definition) is 4. The Morgan fingerprint density at radius 3 is 2.67 bits per heavy atom. The third-order valence-corrected chi connectivity index (χ3v) is 8.00. The van der Waals surface area contributed by atoms with Crippen LogP contribution in [0.4, 0.5) is 0 Å². The molecule has 2 aromatic rings. The molecule has 0 unspecified atom stereocenters. The lowest BCUT2D eigenvalue weighted by Crippen LogP contribution is -2.46. The lowest BCUT2D eigenvalue weighted by atomic mass is 9.87. The Morgan fingerprint density at radius 2 is 1.90 bits per heavy atom. The smallest absolute Gasteiger partial charge is 0.243 e. The second kappa shape index (κ2) is 8.78. The zero-order valence-electron chi connectivity index (χ0n) is 17.2. The van der Waals surface area contributed by atoms with Crippen molar-refractivity contribution in [3.63, 3.8) is 0 Å². The molecule has 2 aromatic carbocycles. The molecule has 0 aromatic heterocycles. The van der Waals surface area contributed by atoms with Crippen molar-refractivity contribution in [2.24, 2.45) is 5.92 Å². The highest BCUT2D eigenvalue weighted by atomic mass is 32.2. The fourth-order valence-corrected chi connectivity index (χ4v) is 6.02. The first kappa shape index (κ1) is 20.9. The number of amides is 1. The summed E-state index contributed by atoms with van der Waals surface area (Å²) in [6.45, 7) is 0.679. The van der Waals surface area contributed by atoms with Crippen LogP contribution in [0.3, 0.4) is 0 Å². The van der Waals surface area contributed by atoms with E-state index in [1.807, 2.05) is 18.2 Å². The number of ether oxygens (including phenoxy) is 1. The monoisotopic (exact) mass is 428 g/mol. The number of carbonyl (C=O) groups excluding carboxylic acids is 1. The van der Waals surface area contributed by atoms with Gasteiger partial charge in [0.2, 0.25) is 15.9 Å². The predicted molar refractivity (Wildman–Crippen MR) is 115 cm³/mol. The van der Waals surface area contributed by atoms with E-state index < -0.39 is 10.0 Å². The third kappa shape index (κ3) is 4.23. The van der Waals surface area contributed by atoms with E-state index in [9.17, 15) is 13.2 Å². The number of nitrogens with one attached hydrogen (secondary N) is 1.